The van der Waals surface area contributed by atoms with Gasteiger partial charge in [-0.15, -0.1) is 0 Å². The first-order valence-corrected chi connectivity index (χ1v) is 6.26. The lowest BCUT2D eigenvalue weighted by molar-refractivity contribution is -0.142. The van der Waals surface area contributed by atoms with Gasteiger partial charge in [0.05, 0.1) is 32.4 Å². The molecule has 0 amide bonds. The highest BCUT2D eigenvalue weighted by Crippen LogP contribution is 2.35. The van der Waals surface area contributed by atoms with Gasteiger partial charge in [0, 0.05) is 6.54 Å². The molecule has 0 radical (unpaired) electrons. The van der Waals surface area contributed by atoms with Crippen LogP contribution < -0.4 is 14.8 Å². The van der Waals surface area contributed by atoms with Crippen molar-refractivity contribution >= 4 is 17.6 Å². The van der Waals surface area contributed by atoms with Crippen molar-refractivity contribution in [3.63, 3.8) is 0 Å². The molecular formula is C13H18ClNO4. The molecule has 0 aromatic heterocycles. The summed E-state index contributed by atoms with van der Waals surface area (Å²) in [5, 5.41) is 3.44. The van der Waals surface area contributed by atoms with Crippen LogP contribution >= 0.6 is 11.6 Å². The maximum Gasteiger partial charge on any atom is 0.319 e. The first kappa shape index (κ1) is 15.6. The highest BCUT2D eigenvalue weighted by atomic mass is 35.5. The Kier molecular flexibility index (Phi) is 6.45. The van der Waals surface area contributed by atoms with Gasteiger partial charge in [0.1, 0.15) is 0 Å². The number of hydrogen-bond donors (Lipinski definition) is 1. The normalized spacial score (nSPS) is 10.1. The van der Waals surface area contributed by atoms with E-state index >= 15 is 0 Å². The van der Waals surface area contributed by atoms with E-state index in [2.05, 4.69) is 5.32 Å². The second-order valence-corrected chi connectivity index (χ2v) is 4.13. The zero-order valence-corrected chi connectivity index (χ0v) is 12.0. The van der Waals surface area contributed by atoms with E-state index in [-0.39, 0.29) is 12.5 Å². The Balaban J connectivity index is 2.64. The molecule has 6 heteroatoms. The van der Waals surface area contributed by atoms with Crippen molar-refractivity contribution in [3.8, 4) is 11.5 Å². The standard InChI is InChI=1S/C13H18ClNO4/c1-4-19-12(16)8-15-7-9-5-10(14)13(18-3)11(6-9)17-2/h5-6,15H,4,7-8H2,1-3H3. The van der Waals surface area contributed by atoms with Crippen LogP contribution in [0.3, 0.4) is 0 Å². The summed E-state index contributed by atoms with van der Waals surface area (Å²) in [6.07, 6.45) is 0. The van der Waals surface area contributed by atoms with Gasteiger partial charge in [0.15, 0.2) is 11.5 Å². The van der Waals surface area contributed by atoms with Crippen LogP contribution in [0.2, 0.25) is 5.02 Å². The summed E-state index contributed by atoms with van der Waals surface area (Å²) in [5.74, 6) is 0.773. The number of carbonyl (C=O) groups excluding carboxylic acids is 1. The average Bonchev–Trinajstić information content (AvgIpc) is 2.38. The molecule has 0 spiro atoms. The number of nitrogens with one attached hydrogen (secondary N) is 1. The fourth-order valence-corrected chi connectivity index (χ4v) is 1.90. The molecule has 0 bridgehead atoms. The maximum atomic E-state index is 11.2. The van der Waals surface area contributed by atoms with E-state index in [1.54, 1.807) is 20.1 Å². The predicted octanol–water partition coefficient (Wildman–Crippen LogP) is 2.01. The molecule has 19 heavy (non-hydrogen) atoms. The number of hydrogen-bond acceptors (Lipinski definition) is 5. The Morgan fingerprint density at radius 3 is 2.63 bits per heavy atom. The van der Waals surface area contributed by atoms with Crippen LogP contribution in [-0.2, 0) is 16.1 Å². The lowest BCUT2D eigenvalue weighted by atomic mass is 10.2. The van der Waals surface area contributed by atoms with Crippen LogP contribution in [0.4, 0.5) is 0 Å². The quantitative estimate of drug-likeness (QED) is 0.778. The molecular weight excluding hydrogens is 270 g/mol. The Morgan fingerprint density at radius 1 is 1.32 bits per heavy atom. The Hall–Kier alpha value is -1.46. The minimum absolute atomic E-state index is 0.153. The molecule has 106 valence electrons. The zero-order valence-electron chi connectivity index (χ0n) is 11.3. The highest BCUT2D eigenvalue weighted by Gasteiger charge is 2.11. The van der Waals surface area contributed by atoms with Crippen molar-refractivity contribution in [2.75, 3.05) is 27.4 Å². The van der Waals surface area contributed by atoms with Crippen molar-refractivity contribution in [2.45, 2.75) is 13.5 Å². The smallest absolute Gasteiger partial charge is 0.319 e. The molecule has 0 aliphatic carbocycles. The highest BCUT2D eigenvalue weighted by molar-refractivity contribution is 6.32. The summed E-state index contributed by atoms with van der Waals surface area (Å²) in [6, 6.07) is 3.57. The van der Waals surface area contributed by atoms with Gasteiger partial charge in [-0.05, 0) is 24.6 Å². The number of benzene rings is 1. The van der Waals surface area contributed by atoms with Crippen LogP contribution in [0.1, 0.15) is 12.5 Å². The molecule has 0 saturated carbocycles. The summed E-state index contributed by atoms with van der Waals surface area (Å²) in [6.45, 7) is 2.79. The van der Waals surface area contributed by atoms with Gasteiger partial charge in [-0.2, -0.15) is 0 Å². The number of esters is 1. The monoisotopic (exact) mass is 287 g/mol. The molecule has 0 saturated heterocycles. The minimum Gasteiger partial charge on any atom is -0.493 e. The Morgan fingerprint density at radius 2 is 2.05 bits per heavy atom. The largest absolute Gasteiger partial charge is 0.493 e. The molecule has 0 heterocycles. The van der Waals surface area contributed by atoms with Crippen molar-refractivity contribution < 1.29 is 19.0 Å². The minimum atomic E-state index is -0.283. The van der Waals surface area contributed by atoms with Crippen molar-refractivity contribution in [1.29, 1.82) is 0 Å². The first-order valence-electron chi connectivity index (χ1n) is 5.89. The molecule has 0 aliphatic rings. The van der Waals surface area contributed by atoms with Crippen LogP contribution in [0.15, 0.2) is 12.1 Å². The second kappa shape index (κ2) is 7.86. The van der Waals surface area contributed by atoms with E-state index in [1.165, 1.54) is 7.11 Å². The van der Waals surface area contributed by atoms with Crippen LogP contribution in [0.25, 0.3) is 0 Å². The van der Waals surface area contributed by atoms with Gasteiger partial charge >= 0.3 is 5.97 Å². The van der Waals surface area contributed by atoms with Crippen LogP contribution in [0, 0.1) is 0 Å². The third-order valence-electron chi connectivity index (χ3n) is 2.40. The molecule has 1 aromatic carbocycles. The molecule has 1 aromatic rings. The van der Waals surface area contributed by atoms with Crippen molar-refractivity contribution in [1.82, 2.24) is 5.32 Å². The molecule has 0 atom stereocenters. The van der Waals surface area contributed by atoms with E-state index in [0.717, 1.165) is 5.56 Å². The molecule has 0 unspecified atom stereocenters. The SMILES string of the molecule is CCOC(=O)CNCc1cc(Cl)c(OC)c(OC)c1. The van der Waals surface area contributed by atoms with Crippen LogP contribution in [-0.4, -0.2) is 33.3 Å². The number of halogens is 1. The number of methoxy groups -OCH3 is 2. The summed E-state index contributed by atoms with van der Waals surface area (Å²) >= 11 is 6.08. The Labute approximate surface area is 117 Å². The zero-order chi connectivity index (χ0) is 14.3. The molecule has 5 nitrogen and oxygen atoms in total. The third kappa shape index (κ3) is 4.61. The number of carbonyl (C=O) groups is 1. The second-order valence-electron chi connectivity index (χ2n) is 3.72. The van der Waals surface area contributed by atoms with E-state index in [4.69, 9.17) is 25.8 Å². The fraction of sp³-hybridized carbons (Fsp3) is 0.462. The van der Waals surface area contributed by atoms with E-state index < -0.39 is 0 Å². The number of rotatable bonds is 7. The fourth-order valence-electron chi connectivity index (χ4n) is 1.59. The molecule has 0 aliphatic heterocycles. The summed E-state index contributed by atoms with van der Waals surface area (Å²) in [4.78, 5) is 11.2. The number of ether oxygens (including phenoxy) is 3. The van der Waals surface area contributed by atoms with Gasteiger partial charge in [-0.1, -0.05) is 11.6 Å². The average molecular weight is 288 g/mol. The van der Waals surface area contributed by atoms with Crippen molar-refractivity contribution in [2.24, 2.45) is 0 Å². The van der Waals surface area contributed by atoms with E-state index in [9.17, 15) is 4.79 Å². The topological polar surface area (TPSA) is 56.8 Å². The molecule has 1 rings (SSSR count). The Bertz CT molecular complexity index is 437. The van der Waals surface area contributed by atoms with Gasteiger partial charge in [0.2, 0.25) is 0 Å². The van der Waals surface area contributed by atoms with Gasteiger partial charge in [-0.25, -0.2) is 0 Å². The van der Waals surface area contributed by atoms with Gasteiger partial charge in [-0.3, -0.25) is 4.79 Å². The third-order valence-corrected chi connectivity index (χ3v) is 2.68. The van der Waals surface area contributed by atoms with Gasteiger partial charge in [0.25, 0.3) is 0 Å². The van der Waals surface area contributed by atoms with E-state index in [0.29, 0.717) is 29.7 Å². The van der Waals surface area contributed by atoms with E-state index in [1.807, 2.05) is 6.07 Å². The lowest BCUT2D eigenvalue weighted by Gasteiger charge is -2.12. The maximum absolute atomic E-state index is 11.2. The van der Waals surface area contributed by atoms with Gasteiger partial charge < -0.3 is 19.5 Å². The predicted molar refractivity (Wildman–Crippen MR) is 72.9 cm³/mol. The van der Waals surface area contributed by atoms with Crippen molar-refractivity contribution in [3.05, 3.63) is 22.7 Å². The summed E-state index contributed by atoms with van der Waals surface area (Å²) in [5.41, 5.74) is 0.895. The first-order chi connectivity index (χ1) is 9.12. The molecule has 0 fully saturated rings. The van der Waals surface area contributed by atoms with Crippen LogP contribution in [0.5, 0.6) is 11.5 Å². The lowest BCUT2D eigenvalue weighted by Crippen LogP contribution is -2.24. The molecule has 1 N–H and O–H groups in total. The summed E-state index contributed by atoms with van der Waals surface area (Å²) in [7, 11) is 3.08. The summed E-state index contributed by atoms with van der Waals surface area (Å²) < 4.78 is 15.2.